The van der Waals surface area contributed by atoms with Crippen molar-refractivity contribution in [2.24, 2.45) is 0 Å². The SMILES string of the molecule is CCn1c(C)nn(-c2ccc(O)cc2)c1=O.CCn1cnn(-c2ccc(O)cc2)c1=O. The van der Waals surface area contributed by atoms with Crippen LogP contribution in [0.2, 0.25) is 0 Å². The highest BCUT2D eigenvalue weighted by Gasteiger charge is 2.09. The lowest BCUT2D eigenvalue weighted by molar-refractivity contribution is 0.474. The van der Waals surface area contributed by atoms with Crippen LogP contribution < -0.4 is 11.4 Å². The van der Waals surface area contributed by atoms with Crippen LogP contribution in [0.25, 0.3) is 11.4 Å². The molecule has 2 N–H and O–H groups in total. The lowest BCUT2D eigenvalue weighted by atomic mass is 10.3. The topological polar surface area (TPSA) is 120 Å². The first-order valence-electron chi connectivity index (χ1n) is 9.75. The number of benzene rings is 2. The molecule has 10 nitrogen and oxygen atoms in total. The van der Waals surface area contributed by atoms with E-state index in [1.54, 1.807) is 35.8 Å². The van der Waals surface area contributed by atoms with E-state index in [9.17, 15) is 9.59 Å². The summed E-state index contributed by atoms with van der Waals surface area (Å²) in [6.45, 7) is 6.77. The molecule has 0 fully saturated rings. The fourth-order valence-corrected chi connectivity index (χ4v) is 2.94. The molecule has 2 aromatic heterocycles. The number of aryl methyl sites for hydroxylation is 2. The van der Waals surface area contributed by atoms with Crippen LogP contribution in [0.5, 0.6) is 11.5 Å². The molecule has 0 unspecified atom stereocenters. The van der Waals surface area contributed by atoms with Gasteiger partial charge in [-0.3, -0.25) is 9.13 Å². The van der Waals surface area contributed by atoms with Crippen LogP contribution >= 0.6 is 0 Å². The van der Waals surface area contributed by atoms with Crippen molar-refractivity contribution in [3.8, 4) is 22.9 Å². The molecule has 2 heterocycles. The van der Waals surface area contributed by atoms with E-state index in [1.165, 1.54) is 44.5 Å². The Morgan fingerprint density at radius 1 is 0.774 bits per heavy atom. The Morgan fingerprint density at radius 2 is 1.29 bits per heavy atom. The summed E-state index contributed by atoms with van der Waals surface area (Å²) in [5, 5.41) is 26.4. The van der Waals surface area contributed by atoms with Crippen LogP contribution in [0, 0.1) is 6.92 Å². The molecule has 0 saturated carbocycles. The lowest BCUT2D eigenvalue weighted by Crippen LogP contribution is -2.23. The normalized spacial score (nSPS) is 10.5. The zero-order valence-electron chi connectivity index (χ0n) is 17.5. The number of nitrogens with zero attached hydrogens (tertiary/aromatic N) is 6. The molecule has 0 spiro atoms. The summed E-state index contributed by atoms with van der Waals surface area (Å²) < 4.78 is 5.72. The smallest absolute Gasteiger partial charge is 0.350 e. The van der Waals surface area contributed by atoms with Crippen molar-refractivity contribution < 1.29 is 10.2 Å². The van der Waals surface area contributed by atoms with Crippen molar-refractivity contribution >= 4 is 0 Å². The molecular formula is C21H24N6O4. The van der Waals surface area contributed by atoms with Crippen LogP contribution in [0.3, 0.4) is 0 Å². The van der Waals surface area contributed by atoms with Gasteiger partial charge in [0.25, 0.3) is 0 Å². The summed E-state index contributed by atoms with van der Waals surface area (Å²) in [7, 11) is 0. The second-order valence-corrected chi connectivity index (χ2v) is 6.63. The van der Waals surface area contributed by atoms with Crippen molar-refractivity contribution in [2.75, 3.05) is 0 Å². The third kappa shape index (κ3) is 4.58. The first-order valence-corrected chi connectivity index (χ1v) is 9.75. The number of aromatic nitrogens is 6. The average Bonchev–Trinajstić information content (AvgIpc) is 3.28. The van der Waals surface area contributed by atoms with Crippen LogP contribution in [0.15, 0.2) is 64.4 Å². The molecule has 0 aliphatic heterocycles. The van der Waals surface area contributed by atoms with E-state index in [4.69, 9.17) is 10.2 Å². The van der Waals surface area contributed by atoms with Gasteiger partial charge in [-0.05, 0) is 69.3 Å². The zero-order chi connectivity index (χ0) is 22.5. The Kier molecular flexibility index (Phi) is 6.39. The third-order valence-corrected chi connectivity index (χ3v) is 4.63. The minimum atomic E-state index is -0.178. The molecule has 2 aromatic carbocycles. The standard InChI is InChI=1S/C11H13N3O2.C10H11N3O2/c1-3-13-8(2)12-14(11(13)16)9-4-6-10(15)7-5-9;1-2-12-7-11-13(10(12)15)8-3-5-9(14)6-4-8/h4-7,15H,3H2,1-2H3;3-7,14H,2H2,1H3. The molecule has 0 atom stereocenters. The first-order chi connectivity index (χ1) is 14.8. The number of rotatable bonds is 4. The van der Waals surface area contributed by atoms with Crippen molar-refractivity contribution in [3.05, 3.63) is 81.7 Å². The predicted octanol–water partition coefficient (Wildman–Crippen LogP) is 1.83. The third-order valence-electron chi connectivity index (χ3n) is 4.63. The summed E-state index contributed by atoms with van der Waals surface area (Å²) in [4.78, 5) is 23.6. The van der Waals surface area contributed by atoms with E-state index in [0.29, 0.717) is 30.3 Å². The maximum Gasteiger partial charge on any atom is 0.350 e. The largest absolute Gasteiger partial charge is 0.508 e. The molecule has 0 saturated heterocycles. The number of phenolic OH excluding ortho intramolecular Hbond substituents is 2. The van der Waals surface area contributed by atoms with E-state index < -0.39 is 0 Å². The molecule has 0 amide bonds. The second-order valence-electron chi connectivity index (χ2n) is 6.63. The maximum absolute atomic E-state index is 11.9. The number of aromatic hydroxyl groups is 2. The van der Waals surface area contributed by atoms with Crippen LogP contribution in [-0.2, 0) is 13.1 Å². The molecule has 0 aliphatic rings. The molecule has 31 heavy (non-hydrogen) atoms. The Labute approximate surface area is 177 Å². The van der Waals surface area contributed by atoms with Gasteiger partial charge in [0, 0.05) is 13.1 Å². The number of phenols is 2. The van der Waals surface area contributed by atoms with Crippen molar-refractivity contribution in [3.63, 3.8) is 0 Å². The monoisotopic (exact) mass is 424 g/mol. The maximum atomic E-state index is 11.9. The molecule has 4 rings (SSSR count). The first kappa shape index (κ1) is 21.6. The summed E-state index contributed by atoms with van der Waals surface area (Å²) >= 11 is 0. The molecule has 0 radical (unpaired) electrons. The highest BCUT2D eigenvalue weighted by molar-refractivity contribution is 5.36. The van der Waals surface area contributed by atoms with Crippen molar-refractivity contribution in [2.45, 2.75) is 33.9 Å². The van der Waals surface area contributed by atoms with Crippen molar-refractivity contribution in [1.82, 2.24) is 28.7 Å². The van der Waals surface area contributed by atoms with Gasteiger partial charge in [-0.15, -0.1) is 0 Å². The van der Waals surface area contributed by atoms with E-state index >= 15 is 0 Å². The van der Waals surface area contributed by atoms with Crippen LogP contribution in [0.1, 0.15) is 19.7 Å². The fraction of sp³-hybridized carbons (Fsp3) is 0.238. The Hall–Kier alpha value is -4.08. The molecule has 10 heteroatoms. The van der Waals surface area contributed by atoms with Crippen LogP contribution in [0.4, 0.5) is 0 Å². The van der Waals surface area contributed by atoms with Gasteiger partial charge in [0.1, 0.15) is 23.7 Å². The van der Waals surface area contributed by atoms with Gasteiger partial charge in [0.05, 0.1) is 11.4 Å². The summed E-state index contributed by atoms with van der Waals surface area (Å²) in [6, 6.07) is 12.7. The van der Waals surface area contributed by atoms with E-state index in [0.717, 1.165) is 0 Å². The van der Waals surface area contributed by atoms with Gasteiger partial charge in [-0.2, -0.15) is 19.6 Å². The number of hydrogen-bond acceptors (Lipinski definition) is 6. The van der Waals surface area contributed by atoms with Gasteiger partial charge in [-0.1, -0.05) is 0 Å². The van der Waals surface area contributed by atoms with Gasteiger partial charge in [0.2, 0.25) is 0 Å². The Morgan fingerprint density at radius 3 is 1.71 bits per heavy atom. The zero-order valence-corrected chi connectivity index (χ0v) is 17.5. The highest BCUT2D eigenvalue weighted by atomic mass is 16.3. The summed E-state index contributed by atoms with van der Waals surface area (Å²) in [6.07, 6.45) is 1.50. The fourth-order valence-electron chi connectivity index (χ4n) is 2.94. The van der Waals surface area contributed by atoms with Gasteiger partial charge in [0.15, 0.2) is 0 Å². The lowest BCUT2D eigenvalue weighted by Gasteiger charge is -1.98. The molecule has 4 aromatic rings. The predicted molar refractivity (Wildman–Crippen MR) is 115 cm³/mol. The second kappa shape index (κ2) is 9.16. The van der Waals surface area contributed by atoms with E-state index in [2.05, 4.69) is 10.2 Å². The molecule has 162 valence electrons. The average molecular weight is 424 g/mol. The molecule has 0 bridgehead atoms. The van der Waals surface area contributed by atoms with E-state index in [1.807, 2.05) is 13.8 Å². The molecule has 0 aliphatic carbocycles. The van der Waals surface area contributed by atoms with Crippen molar-refractivity contribution in [1.29, 1.82) is 0 Å². The number of hydrogen-bond donors (Lipinski definition) is 2. The minimum absolute atomic E-state index is 0.161. The van der Waals surface area contributed by atoms with Gasteiger partial charge >= 0.3 is 11.4 Å². The van der Waals surface area contributed by atoms with E-state index in [-0.39, 0.29) is 22.9 Å². The quantitative estimate of drug-likeness (QED) is 0.516. The van der Waals surface area contributed by atoms with Gasteiger partial charge in [-0.25, -0.2) is 9.59 Å². The minimum Gasteiger partial charge on any atom is -0.508 e. The Balaban J connectivity index is 0.000000176. The Bertz CT molecular complexity index is 1260. The summed E-state index contributed by atoms with van der Waals surface area (Å²) in [5.41, 5.74) is 0.956. The molecular weight excluding hydrogens is 400 g/mol. The highest BCUT2D eigenvalue weighted by Crippen LogP contribution is 2.12. The van der Waals surface area contributed by atoms with Gasteiger partial charge < -0.3 is 10.2 Å². The van der Waals surface area contributed by atoms with Crippen LogP contribution in [-0.4, -0.2) is 38.9 Å². The summed E-state index contributed by atoms with van der Waals surface area (Å²) in [5.74, 6) is 1.02.